The fourth-order valence-corrected chi connectivity index (χ4v) is 1.79. The van der Waals surface area contributed by atoms with E-state index in [4.69, 9.17) is 0 Å². The second-order valence-corrected chi connectivity index (χ2v) is 4.62. The van der Waals surface area contributed by atoms with Crippen molar-refractivity contribution >= 4 is 0 Å². The summed E-state index contributed by atoms with van der Waals surface area (Å²) in [5.74, 6) is 0.872. The number of nitrogens with zero attached hydrogens (tertiary/aromatic N) is 2. The number of benzene rings is 1. The number of aromatic hydroxyl groups is 1. The van der Waals surface area contributed by atoms with Gasteiger partial charge in [0.25, 0.3) is 0 Å². The summed E-state index contributed by atoms with van der Waals surface area (Å²) in [5, 5.41) is 12.8. The van der Waals surface area contributed by atoms with Crippen LogP contribution in [0, 0.1) is 0 Å². The normalized spacial score (nSPS) is 14.7. The van der Waals surface area contributed by atoms with Crippen molar-refractivity contribution in [2.24, 2.45) is 0 Å². The van der Waals surface area contributed by atoms with Crippen LogP contribution < -0.4 is 5.32 Å². The molecule has 0 bridgehead atoms. The van der Waals surface area contributed by atoms with Gasteiger partial charge in [-0.25, -0.2) is 9.97 Å². The summed E-state index contributed by atoms with van der Waals surface area (Å²) in [4.78, 5) is 8.65. The lowest BCUT2D eigenvalue weighted by Crippen LogP contribution is -2.15. The Morgan fingerprint density at radius 1 is 1.22 bits per heavy atom. The Morgan fingerprint density at radius 2 is 2.00 bits per heavy atom. The second-order valence-electron chi connectivity index (χ2n) is 4.62. The van der Waals surface area contributed by atoms with Gasteiger partial charge in [0.2, 0.25) is 0 Å². The molecule has 2 N–H and O–H groups in total. The van der Waals surface area contributed by atoms with Gasteiger partial charge in [-0.2, -0.15) is 0 Å². The smallest absolute Gasteiger partial charge is 0.159 e. The highest BCUT2D eigenvalue weighted by Crippen LogP contribution is 2.20. The Kier molecular flexibility index (Phi) is 2.94. The van der Waals surface area contributed by atoms with Gasteiger partial charge in [-0.1, -0.05) is 12.1 Å². The molecule has 1 fully saturated rings. The molecule has 0 radical (unpaired) electrons. The van der Waals surface area contributed by atoms with Gasteiger partial charge in [0.1, 0.15) is 5.75 Å². The zero-order chi connectivity index (χ0) is 12.4. The van der Waals surface area contributed by atoms with Gasteiger partial charge in [-0.15, -0.1) is 0 Å². The van der Waals surface area contributed by atoms with E-state index in [1.807, 2.05) is 18.5 Å². The molecule has 2 aromatic rings. The number of hydrogen-bond acceptors (Lipinski definition) is 4. The van der Waals surface area contributed by atoms with E-state index in [2.05, 4.69) is 15.3 Å². The Labute approximate surface area is 106 Å². The van der Waals surface area contributed by atoms with Crippen LogP contribution >= 0.6 is 0 Å². The predicted octanol–water partition coefficient (Wildman–Crippen LogP) is 2.10. The SMILES string of the molecule is Oc1cccc(-c2ncc(CNC3CC3)cn2)c1. The Balaban J connectivity index is 1.73. The van der Waals surface area contributed by atoms with E-state index in [0.29, 0.717) is 11.9 Å². The van der Waals surface area contributed by atoms with Gasteiger partial charge in [-0.3, -0.25) is 0 Å². The standard InChI is InChI=1S/C14H15N3O/c18-13-3-1-2-11(6-13)14-16-8-10(9-17-14)7-15-12-4-5-12/h1-3,6,8-9,12,15,18H,4-5,7H2. The maximum atomic E-state index is 9.42. The molecule has 92 valence electrons. The average Bonchev–Trinajstić information content (AvgIpc) is 3.21. The first kappa shape index (κ1) is 11.2. The van der Waals surface area contributed by atoms with Crippen LogP contribution in [0.2, 0.25) is 0 Å². The lowest BCUT2D eigenvalue weighted by Gasteiger charge is -2.04. The minimum Gasteiger partial charge on any atom is -0.508 e. The molecule has 0 aliphatic heterocycles. The van der Waals surface area contributed by atoms with Crippen LogP contribution in [-0.2, 0) is 6.54 Å². The molecule has 0 saturated heterocycles. The first-order valence-corrected chi connectivity index (χ1v) is 6.15. The highest BCUT2D eigenvalue weighted by atomic mass is 16.3. The predicted molar refractivity (Wildman–Crippen MR) is 69.0 cm³/mol. The van der Waals surface area contributed by atoms with Gasteiger partial charge in [0, 0.05) is 36.1 Å². The van der Waals surface area contributed by atoms with Gasteiger partial charge in [0.05, 0.1) is 0 Å². The summed E-state index contributed by atoms with van der Waals surface area (Å²) in [6, 6.07) is 7.67. The minimum atomic E-state index is 0.232. The minimum absolute atomic E-state index is 0.232. The number of phenols is 1. The molecule has 4 nitrogen and oxygen atoms in total. The van der Waals surface area contributed by atoms with Crippen LogP contribution in [0.1, 0.15) is 18.4 Å². The molecular weight excluding hydrogens is 226 g/mol. The van der Waals surface area contributed by atoms with E-state index in [1.54, 1.807) is 18.2 Å². The summed E-state index contributed by atoms with van der Waals surface area (Å²) < 4.78 is 0. The molecule has 3 rings (SSSR count). The topological polar surface area (TPSA) is 58.0 Å². The van der Waals surface area contributed by atoms with Crippen molar-refractivity contribution in [3.8, 4) is 17.1 Å². The molecule has 1 saturated carbocycles. The van der Waals surface area contributed by atoms with Gasteiger partial charge in [-0.05, 0) is 25.0 Å². The molecule has 0 amide bonds. The molecule has 0 atom stereocenters. The number of rotatable bonds is 4. The Morgan fingerprint density at radius 3 is 2.67 bits per heavy atom. The number of aromatic nitrogens is 2. The van der Waals surface area contributed by atoms with Gasteiger partial charge < -0.3 is 10.4 Å². The Bertz CT molecular complexity index is 535. The van der Waals surface area contributed by atoms with E-state index in [9.17, 15) is 5.11 Å². The average molecular weight is 241 g/mol. The van der Waals surface area contributed by atoms with Crippen molar-refractivity contribution in [1.29, 1.82) is 0 Å². The lowest BCUT2D eigenvalue weighted by atomic mass is 10.2. The van der Waals surface area contributed by atoms with E-state index >= 15 is 0 Å². The monoisotopic (exact) mass is 241 g/mol. The summed E-state index contributed by atoms with van der Waals surface area (Å²) in [7, 11) is 0. The maximum absolute atomic E-state index is 9.42. The molecule has 1 heterocycles. The first-order chi connectivity index (χ1) is 8.81. The van der Waals surface area contributed by atoms with Crippen molar-refractivity contribution in [2.45, 2.75) is 25.4 Å². The van der Waals surface area contributed by atoms with E-state index in [0.717, 1.165) is 17.7 Å². The van der Waals surface area contributed by atoms with Crippen LogP contribution in [0.4, 0.5) is 0 Å². The van der Waals surface area contributed by atoms with Crippen LogP contribution in [0.5, 0.6) is 5.75 Å². The van der Waals surface area contributed by atoms with Crippen molar-refractivity contribution in [3.05, 3.63) is 42.2 Å². The summed E-state index contributed by atoms with van der Waals surface area (Å²) >= 11 is 0. The molecule has 1 aromatic carbocycles. The molecule has 1 aliphatic rings. The van der Waals surface area contributed by atoms with Crippen molar-refractivity contribution in [2.75, 3.05) is 0 Å². The van der Waals surface area contributed by atoms with E-state index in [-0.39, 0.29) is 5.75 Å². The van der Waals surface area contributed by atoms with Gasteiger partial charge >= 0.3 is 0 Å². The lowest BCUT2D eigenvalue weighted by molar-refractivity contribution is 0.475. The third-order valence-corrected chi connectivity index (χ3v) is 2.98. The third kappa shape index (κ3) is 2.65. The van der Waals surface area contributed by atoms with E-state index < -0.39 is 0 Å². The molecule has 18 heavy (non-hydrogen) atoms. The summed E-state index contributed by atoms with van der Waals surface area (Å²) in [6.07, 6.45) is 6.23. The highest BCUT2D eigenvalue weighted by molar-refractivity contribution is 5.56. The Hall–Kier alpha value is -1.94. The second kappa shape index (κ2) is 4.74. The fraction of sp³-hybridized carbons (Fsp3) is 0.286. The molecule has 1 aromatic heterocycles. The molecular formula is C14H15N3O. The quantitative estimate of drug-likeness (QED) is 0.860. The summed E-state index contributed by atoms with van der Waals surface area (Å²) in [6.45, 7) is 0.824. The maximum Gasteiger partial charge on any atom is 0.159 e. The van der Waals surface area contributed by atoms with Crippen molar-refractivity contribution < 1.29 is 5.11 Å². The van der Waals surface area contributed by atoms with Crippen molar-refractivity contribution in [1.82, 2.24) is 15.3 Å². The number of hydrogen-bond donors (Lipinski definition) is 2. The third-order valence-electron chi connectivity index (χ3n) is 2.98. The summed E-state index contributed by atoms with van der Waals surface area (Å²) in [5.41, 5.74) is 1.92. The zero-order valence-corrected chi connectivity index (χ0v) is 10.0. The molecule has 0 unspecified atom stereocenters. The zero-order valence-electron chi connectivity index (χ0n) is 10.0. The van der Waals surface area contributed by atoms with Crippen LogP contribution in [0.3, 0.4) is 0 Å². The largest absolute Gasteiger partial charge is 0.508 e. The highest BCUT2D eigenvalue weighted by Gasteiger charge is 2.19. The van der Waals surface area contributed by atoms with Crippen LogP contribution in [-0.4, -0.2) is 21.1 Å². The fourth-order valence-electron chi connectivity index (χ4n) is 1.79. The number of phenolic OH excluding ortho intramolecular Hbond substituents is 1. The van der Waals surface area contributed by atoms with Crippen LogP contribution in [0.15, 0.2) is 36.7 Å². The van der Waals surface area contributed by atoms with Crippen molar-refractivity contribution in [3.63, 3.8) is 0 Å². The molecule has 1 aliphatic carbocycles. The molecule has 4 heteroatoms. The number of nitrogens with one attached hydrogen (secondary N) is 1. The first-order valence-electron chi connectivity index (χ1n) is 6.15. The van der Waals surface area contributed by atoms with E-state index in [1.165, 1.54) is 12.8 Å². The van der Waals surface area contributed by atoms with Crippen LogP contribution in [0.25, 0.3) is 11.4 Å². The molecule has 0 spiro atoms. The van der Waals surface area contributed by atoms with Gasteiger partial charge in [0.15, 0.2) is 5.82 Å².